The first-order valence-electron chi connectivity index (χ1n) is 16.6. The number of rotatable bonds is 4. The Hall–Kier alpha value is -6.58. The van der Waals surface area contributed by atoms with Gasteiger partial charge in [0.15, 0.2) is 5.82 Å². The maximum Gasteiger partial charge on any atom is 0.160 e. The lowest BCUT2D eigenvalue weighted by Crippen LogP contribution is -1.97. The SMILES string of the molecule is c1ccc(-c2nc(-c3ccc4oc5ccccc5c4c3)cc(-c3ccccc3-c3c4ccccc4cc4c3ccc3ccccc34)n2)cc1. The molecule has 8 aromatic carbocycles. The quantitative estimate of drug-likeness (QED) is 0.144. The van der Waals surface area contributed by atoms with Crippen LogP contribution in [0, 0.1) is 0 Å². The van der Waals surface area contributed by atoms with Crippen LogP contribution in [0.25, 0.3) is 99.3 Å². The Morgan fingerprint density at radius 2 is 1.02 bits per heavy atom. The summed E-state index contributed by atoms with van der Waals surface area (Å²) in [5.74, 6) is 0.689. The van der Waals surface area contributed by atoms with Crippen molar-refractivity contribution in [3.05, 3.63) is 170 Å². The number of nitrogens with zero attached hydrogens (tertiary/aromatic N) is 2. The summed E-state index contributed by atoms with van der Waals surface area (Å²) in [6.45, 7) is 0. The molecule has 0 aliphatic carbocycles. The Morgan fingerprint density at radius 1 is 0.347 bits per heavy atom. The van der Waals surface area contributed by atoms with Crippen molar-refractivity contribution in [2.75, 3.05) is 0 Å². The van der Waals surface area contributed by atoms with E-state index >= 15 is 0 Å². The molecule has 0 aliphatic heterocycles. The zero-order valence-electron chi connectivity index (χ0n) is 26.5. The molecule has 0 amide bonds. The standard InChI is InChI=1S/C46H28N2O/c1-2-13-30(14-3-1)46-47-41(32-23-25-44-40(27-32)36-19-10-11-21-43(36)49-44)28-42(48-46)35-18-8-9-20-37(35)45-34-17-7-5-15-31(34)26-39-33-16-6-4-12-29(33)22-24-38(39)45/h1-28H. The summed E-state index contributed by atoms with van der Waals surface area (Å²) >= 11 is 0. The number of hydrogen-bond acceptors (Lipinski definition) is 3. The minimum atomic E-state index is 0.689. The normalized spacial score (nSPS) is 11.7. The Kier molecular flexibility index (Phi) is 6.18. The molecule has 0 aliphatic rings. The molecule has 49 heavy (non-hydrogen) atoms. The molecule has 0 unspecified atom stereocenters. The third-order valence-electron chi connectivity index (χ3n) is 9.67. The molecule has 0 radical (unpaired) electrons. The summed E-state index contributed by atoms with van der Waals surface area (Å²) in [5.41, 5.74) is 8.87. The third kappa shape index (κ3) is 4.51. The number of aromatic nitrogens is 2. The fourth-order valence-electron chi connectivity index (χ4n) is 7.37. The van der Waals surface area contributed by atoms with E-state index in [2.05, 4.69) is 140 Å². The monoisotopic (exact) mass is 624 g/mol. The lowest BCUT2D eigenvalue weighted by molar-refractivity contribution is 0.669. The summed E-state index contributed by atoms with van der Waals surface area (Å²) < 4.78 is 6.16. The molecule has 10 rings (SSSR count). The molecule has 2 aromatic heterocycles. The van der Waals surface area contributed by atoms with Crippen LogP contribution in [0.4, 0.5) is 0 Å². The number of furan rings is 1. The molecule has 0 saturated carbocycles. The molecule has 10 aromatic rings. The molecular weight excluding hydrogens is 597 g/mol. The van der Waals surface area contributed by atoms with Crippen LogP contribution in [0.5, 0.6) is 0 Å². The van der Waals surface area contributed by atoms with Crippen molar-refractivity contribution >= 4 is 54.3 Å². The van der Waals surface area contributed by atoms with Gasteiger partial charge in [-0.25, -0.2) is 9.97 Å². The first-order chi connectivity index (χ1) is 24.3. The van der Waals surface area contributed by atoms with Gasteiger partial charge in [0.05, 0.1) is 11.4 Å². The van der Waals surface area contributed by atoms with E-state index in [-0.39, 0.29) is 0 Å². The van der Waals surface area contributed by atoms with Gasteiger partial charge in [-0.3, -0.25) is 0 Å². The van der Waals surface area contributed by atoms with Crippen molar-refractivity contribution in [1.29, 1.82) is 0 Å². The smallest absolute Gasteiger partial charge is 0.160 e. The van der Waals surface area contributed by atoms with Crippen molar-refractivity contribution in [3.63, 3.8) is 0 Å². The molecule has 3 heteroatoms. The molecular formula is C46H28N2O. The van der Waals surface area contributed by atoms with E-state index in [0.29, 0.717) is 5.82 Å². The Labute approximate surface area is 282 Å². The zero-order valence-corrected chi connectivity index (χ0v) is 26.5. The summed E-state index contributed by atoms with van der Waals surface area (Å²) in [7, 11) is 0. The molecule has 0 fully saturated rings. The Balaban J connectivity index is 1.25. The second-order valence-corrected chi connectivity index (χ2v) is 12.5. The van der Waals surface area contributed by atoms with Gasteiger partial charge >= 0.3 is 0 Å². The molecule has 0 bridgehead atoms. The molecule has 0 atom stereocenters. The van der Waals surface area contributed by atoms with E-state index in [1.165, 1.54) is 37.9 Å². The second-order valence-electron chi connectivity index (χ2n) is 12.5. The van der Waals surface area contributed by atoms with E-state index < -0.39 is 0 Å². The van der Waals surface area contributed by atoms with E-state index in [1.54, 1.807) is 0 Å². The molecule has 228 valence electrons. The van der Waals surface area contributed by atoms with Crippen molar-refractivity contribution in [3.8, 4) is 45.0 Å². The van der Waals surface area contributed by atoms with Crippen LogP contribution in [0.1, 0.15) is 0 Å². The predicted molar refractivity (Wildman–Crippen MR) is 204 cm³/mol. The van der Waals surface area contributed by atoms with Gasteiger partial charge < -0.3 is 4.42 Å². The molecule has 0 N–H and O–H groups in total. The maximum absolute atomic E-state index is 6.16. The highest BCUT2D eigenvalue weighted by atomic mass is 16.3. The number of benzene rings is 8. The first-order valence-corrected chi connectivity index (χ1v) is 16.6. The highest BCUT2D eigenvalue weighted by molar-refractivity contribution is 6.21. The van der Waals surface area contributed by atoms with Crippen molar-refractivity contribution in [1.82, 2.24) is 9.97 Å². The van der Waals surface area contributed by atoms with Gasteiger partial charge in [0.1, 0.15) is 11.2 Å². The average Bonchev–Trinajstić information content (AvgIpc) is 3.55. The van der Waals surface area contributed by atoms with E-state index in [9.17, 15) is 0 Å². The van der Waals surface area contributed by atoms with Crippen LogP contribution in [-0.2, 0) is 0 Å². The lowest BCUT2D eigenvalue weighted by atomic mass is 9.87. The number of hydrogen-bond donors (Lipinski definition) is 0. The summed E-state index contributed by atoms with van der Waals surface area (Å²) in [6, 6.07) is 59.8. The van der Waals surface area contributed by atoms with Crippen LogP contribution in [-0.4, -0.2) is 9.97 Å². The van der Waals surface area contributed by atoms with Crippen LogP contribution >= 0.6 is 0 Å². The minimum absolute atomic E-state index is 0.689. The lowest BCUT2D eigenvalue weighted by Gasteiger charge is -2.17. The summed E-state index contributed by atoms with van der Waals surface area (Å²) in [4.78, 5) is 10.4. The van der Waals surface area contributed by atoms with Crippen LogP contribution in [0.15, 0.2) is 174 Å². The van der Waals surface area contributed by atoms with E-state index in [4.69, 9.17) is 14.4 Å². The minimum Gasteiger partial charge on any atom is -0.456 e. The van der Waals surface area contributed by atoms with Gasteiger partial charge in [-0.15, -0.1) is 0 Å². The fraction of sp³-hybridized carbons (Fsp3) is 0. The van der Waals surface area contributed by atoms with Crippen molar-refractivity contribution in [2.24, 2.45) is 0 Å². The van der Waals surface area contributed by atoms with Crippen molar-refractivity contribution < 1.29 is 4.42 Å². The van der Waals surface area contributed by atoms with Gasteiger partial charge in [-0.2, -0.15) is 0 Å². The van der Waals surface area contributed by atoms with Gasteiger partial charge in [0.25, 0.3) is 0 Å². The largest absolute Gasteiger partial charge is 0.456 e. The van der Waals surface area contributed by atoms with Crippen LogP contribution in [0.2, 0.25) is 0 Å². The number of para-hydroxylation sites is 1. The topological polar surface area (TPSA) is 38.9 Å². The molecule has 0 spiro atoms. The van der Waals surface area contributed by atoms with E-state index in [0.717, 1.165) is 55.6 Å². The second kappa shape index (κ2) is 11.0. The summed E-state index contributed by atoms with van der Waals surface area (Å²) in [6.07, 6.45) is 0. The number of fused-ring (bicyclic) bond motifs is 7. The molecule has 2 heterocycles. The summed E-state index contributed by atoms with van der Waals surface area (Å²) in [5, 5.41) is 9.55. The van der Waals surface area contributed by atoms with Gasteiger partial charge in [-0.1, -0.05) is 133 Å². The van der Waals surface area contributed by atoms with Gasteiger partial charge in [0.2, 0.25) is 0 Å². The van der Waals surface area contributed by atoms with E-state index in [1.807, 2.05) is 30.3 Å². The molecule has 3 nitrogen and oxygen atoms in total. The van der Waals surface area contributed by atoms with Crippen molar-refractivity contribution in [2.45, 2.75) is 0 Å². The predicted octanol–water partition coefficient (Wildman–Crippen LogP) is 12.5. The highest BCUT2D eigenvalue weighted by Gasteiger charge is 2.19. The fourth-order valence-corrected chi connectivity index (χ4v) is 7.37. The average molecular weight is 625 g/mol. The van der Waals surface area contributed by atoms with Crippen LogP contribution in [0.3, 0.4) is 0 Å². The Morgan fingerprint density at radius 3 is 1.90 bits per heavy atom. The van der Waals surface area contributed by atoms with Gasteiger partial charge in [0, 0.05) is 27.5 Å². The zero-order chi connectivity index (χ0) is 32.3. The maximum atomic E-state index is 6.16. The van der Waals surface area contributed by atoms with Crippen LogP contribution < -0.4 is 0 Å². The highest BCUT2D eigenvalue weighted by Crippen LogP contribution is 2.43. The Bertz CT molecular complexity index is 2890. The third-order valence-corrected chi connectivity index (χ3v) is 9.67. The molecule has 0 saturated heterocycles. The van der Waals surface area contributed by atoms with Gasteiger partial charge in [-0.05, 0) is 79.8 Å². The first kappa shape index (κ1) is 27.5.